The van der Waals surface area contributed by atoms with Gasteiger partial charge in [-0.2, -0.15) is 8.42 Å². The van der Waals surface area contributed by atoms with Crippen LogP contribution in [0.1, 0.15) is 19.0 Å². The van der Waals surface area contributed by atoms with Crippen molar-refractivity contribution in [3.63, 3.8) is 0 Å². The molecule has 0 aliphatic rings. The summed E-state index contributed by atoms with van der Waals surface area (Å²) in [5, 5.41) is 8.23. The number of nitrogens with one attached hydrogen (secondary N) is 2. The Morgan fingerprint density at radius 1 is 1.19 bits per heavy atom. The molecule has 0 saturated carbocycles. The minimum Gasteiger partial charge on any atom is -0.379 e. The first-order chi connectivity index (χ1) is 9.98. The van der Waals surface area contributed by atoms with Gasteiger partial charge in [-0.3, -0.25) is 4.72 Å². The Balaban J connectivity index is 2.03. The van der Waals surface area contributed by atoms with Crippen LogP contribution in [0.2, 0.25) is 0 Å². The van der Waals surface area contributed by atoms with E-state index in [4.69, 9.17) is 5.14 Å². The van der Waals surface area contributed by atoms with Crippen LogP contribution in [0.4, 0.5) is 11.4 Å². The van der Waals surface area contributed by atoms with Gasteiger partial charge in [0.25, 0.3) is 10.2 Å². The molecule has 0 fully saturated rings. The molecule has 114 valence electrons. The van der Waals surface area contributed by atoms with E-state index in [1.807, 2.05) is 12.1 Å². The SMILES string of the molecule is CCCn1cccc1CNc1cccc(NS(N)(=O)=O)c1. The van der Waals surface area contributed by atoms with Gasteiger partial charge in [-0.15, -0.1) is 0 Å². The fraction of sp³-hybridized carbons (Fsp3) is 0.286. The van der Waals surface area contributed by atoms with Crippen molar-refractivity contribution in [2.45, 2.75) is 26.4 Å². The zero-order valence-corrected chi connectivity index (χ0v) is 12.7. The highest BCUT2D eigenvalue weighted by Crippen LogP contribution is 2.16. The highest BCUT2D eigenvalue weighted by atomic mass is 32.2. The zero-order chi connectivity index (χ0) is 15.3. The number of aryl methyl sites for hydroxylation is 1. The number of hydrogen-bond donors (Lipinski definition) is 3. The number of benzene rings is 1. The van der Waals surface area contributed by atoms with Crippen LogP contribution in [-0.4, -0.2) is 13.0 Å². The standard InChI is InChI=1S/C14H20N4O2S/c1-2-8-18-9-4-7-14(18)11-16-12-5-3-6-13(10-12)17-21(15,19)20/h3-7,9-10,16-17H,2,8,11H2,1H3,(H2,15,19,20). The summed E-state index contributed by atoms with van der Waals surface area (Å²) in [6.45, 7) is 3.79. The van der Waals surface area contributed by atoms with Crippen molar-refractivity contribution in [2.75, 3.05) is 10.0 Å². The van der Waals surface area contributed by atoms with Gasteiger partial charge in [0, 0.05) is 24.1 Å². The molecule has 1 aromatic heterocycles. The van der Waals surface area contributed by atoms with Gasteiger partial charge in [-0.25, -0.2) is 5.14 Å². The third kappa shape index (κ3) is 4.80. The van der Waals surface area contributed by atoms with Gasteiger partial charge in [-0.05, 0) is 36.8 Å². The van der Waals surface area contributed by atoms with Gasteiger partial charge >= 0.3 is 0 Å². The lowest BCUT2D eigenvalue weighted by Crippen LogP contribution is -2.21. The number of nitrogens with zero attached hydrogens (tertiary/aromatic N) is 1. The molecule has 2 rings (SSSR count). The van der Waals surface area contributed by atoms with E-state index < -0.39 is 10.2 Å². The van der Waals surface area contributed by atoms with E-state index in [1.165, 1.54) is 5.69 Å². The molecular formula is C14H20N4O2S. The van der Waals surface area contributed by atoms with E-state index >= 15 is 0 Å². The van der Waals surface area contributed by atoms with Crippen molar-refractivity contribution in [3.05, 3.63) is 48.3 Å². The molecule has 0 aliphatic heterocycles. The van der Waals surface area contributed by atoms with Crippen LogP contribution in [0.15, 0.2) is 42.6 Å². The molecule has 0 aliphatic carbocycles. The molecule has 0 unspecified atom stereocenters. The summed E-state index contributed by atoms with van der Waals surface area (Å²) in [4.78, 5) is 0. The summed E-state index contributed by atoms with van der Waals surface area (Å²) in [7, 11) is -3.75. The number of hydrogen-bond acceptors (Lipinski definition) is 3. The third-order valence-electron chi connectivity index (χ3n) is 2.98. The summed E-state index contributed by atoms with van der Waals surface area (Å²) in [5.41, 5.74) is 2.45. The second-order valence-corrected chi connectivity index (χ2v) is 6.07. The van der Waals surface area contributed by atoms with Crippen molar-refractivity contribution in [1.29, 1.82) is 0 Å². The maximum atomic E-state index is 11.0. The summed E-state index contributed by atoms with van der Waals surface area (Å²) >= 11 is 0. The lowest BCUT2D eigenvalue weighted by Gasteiger charge is -2.11. The number of nitrogens with two attached hydrogens (primary N) is 1. The quantitative estimate of drug-likeness (QED) is 0.732. The third-order valence-corrected chi connectivity index (χ3v) is 3.50. The van der Waals surface area contributed by atoms with Gasteiger partial charge in [0.05, 0.1) is 12.2 Å². The summed E-state index contributed by atoms with van der Waals surface area (Å²) in [6.07, 6.45) is 3.13. The topological polar surface area (TPSA) is 89.2 Å². The maximum Gasteiger partial charge on any atom is 0.296 e. The molecule has 0 spiro atoms. The van der Waals surface area contributed by atoms with Gasteiger partial charge in [0.1, 0.15) is 0 Å². The molecular weight excluding hydrogens is 288 g/mol. The first kappa shape index (κ1) is 15.4. The van der Waals surface area contributed by atoms with E-state index in [9.17, 15) is 8.42 Å². The minimum absolute atomic E-state index is 0.437. The van der Waals surface area contributed by atoms with Crippen molar-refractivity contribution < 1.29 is 8.42 Å². The molecule has 0 radical (unpaired) electrons. The van der Waals surface area contributed by atoms with Crippen molar-refractivity contribution >= 4 is 21.6 Å². The Bertz CT molecular complexity index is 695. The molecule has 1 heterocycles. The molecule has 6 nitrogen and oxygen atoms in total. The Hall–Kier alpha value is -1.99. The van der Waals surface area contributed by atoms with Crippen LogP contribution in [0, 0.1) is 0 Å². The smallest absolute Gasteiger partial charge is 0.296 e. The van der Waals surface area contributed by atoms with Crippen LogP contribution < -0.4 is 15.2 Å². The predicted molar refractivity (Wildman–Crippen MR) is 85.2 cm³/mol. The number of rotatable bonds is 7. The van der Waals surface area contributed by atoms with E-state index in [0.29, 0.717) is 12.2 Å². The minimum atomic E-state index is -3.75. The van der Waals surface area contributed by atoms with Crippen LogP contribution in [0.5, 0.6) is 0 Å². The first-order valence-electron chi connectivity index (χ1n) is 6.76. The van der Waals surface area contributed by atoms with Crippen LogP contribution in [0.3, 0.4) is 0 Å². The van der Waals surface area contributed by atoms with E-state index in [0.717, 1.165) is 18.7 Å². The monoisotopic (exact) mass is 308 g/mol. The van der Waals surface area contributed by atoms with Crippen LogP contribution >= 0.6 is 0 Å². The fourth-order valence-corrected chi connectivity index (χ4v) is 2.57. The Morgan fingerprint density at radius 2 is 1.95 bits per heavy atom. The molecule has 1 aromatic carbocycles. The Morgan fingerprint density at radius 3 is 2.67 bits per heavy atom. The van der Waals surface area contributed by atoms with Gasteiger partial charge in [-0.1, -0.05) is 13.0 Å². The van der Waals surface area contributed by atoms with Crippen LogP contribution in [0.25, 0.3) is 0 Å². The van der Waals surface area contributed by atoms with E-state index in [-0.39, 0.29) is 0 Å². The van der Waals surface area contributed by atoms with Crippen LogP contribution in [-0.2, 0) is 23.3 Å². The molecule has 0 bridgehead atoms. The van der Waals surface area contributed by atoms with Gasteiger partial charge < -0.3 is 9.88 Å². The predicted octanol–water partition coefficient (Wildman–Crippen LogP) is 2.13. The van der Waals surface area contributed by atoms with Crippen molar-refractivity contribution in [3.8, 4) is 0 Å². The summed E-state index contributed by atoms with van der Waals surface area (Å²) in [5.74, 6) is 0. The molecule has 21 heavy (non-hydrogen) atoms. The highest BCUT2D eigenvalue weighted by Gasteiger charge is 2.04. The fourth-order valence-electron chi connectivity index (χ4n) is 2.12. The van der Waals surface area contributed by atoms with Crippen molar-refractivity contribution in [1.82, 2.24) is 4.57 Å². The first-order valence-corrected chi connectivity index (χ1v) is 8.31. The van der Waals surface area contributed by atoms with E-state index in [2.05, 4.69) is 33.8 Å². The average molecular weight is 308 g/mol. The second-order valence-electron chi connectivity index (χ2n) is 4.77. The van der Waals surface area contributed by atoms with Gasteiger partial charge in [0.15, 0.2) is 0 Å². The van der Waals surface area contributed by atoms with Crippen molar-refractivity contribution in [2.24, 2.45) is 5.14 Å². The lowest BCUT2D eigenvalue weighted by molar-refractivity contribution is 0.603. The molecule has 2 aromatic rings. The zero-order valence-electron chi connectivity index (χ0n) is 11.9. The molecule has 0 saturated heterocycles. The summed E-state index contributed by atoms with van der Waals surface area (Å²) < 4.78 is 26.5. The molecule has 0 amide bonds. The average Bonchev–Trinajstić information content (AvgIpc) is 2.83. The number of anilines is 2. The maximum absolute atomic E-state index is 11.0. The normalized spacial score (nSPS) is 11.3. The summed E-state index contributed by atoms with van der Waals surface area (Å²) in [6, 6.07) is 11.1. The molecule has 7 heteroatoms. The van der Waals surface area contributed by atoms with Gasteiger partial charge in [0.2, 0.25) is 0 Å². The highest BCUT2D eigenvalue weighted by molar-refractivity contribution is 7.90. The largest absolute Gasteiger partial charge is 0.379 e. The molecule has 4 N–H and O–H groups in total. The molecule has 0 atom stereocenters. The Kier molecular flexibility index (Phi) is 4.87. The second kappa shape index (κ2) is 6.64. The number of aromatic nitrogens is 1. The lowest BCUT2D eigenvalue weighted by atomic mass is 10.3. The van der Waals surface area contributed by atoms with E-state index in [1.54, 1.807) is 18.2 Å². The Labute approximate surface area is 125 Å².